The van der Waals surface area contributed by atoms with E-state index in [4.69, 9.17) is 0 Å². The fraction of sp³-hybridized carbons (Fsp3) is 1.00. The maximum absolute atomic E-state index is 9.97. The zero-order valence-corrected chi connectivity index (χ0v) is 10.3. The second kappa shape index (κ2) is 5.41. The quantitative estimate of drug-likeness (QED) is 0.745. The monoisotopic (exact) mass is 252 g/mol. The molecule has 0 unspecified atom stereocenters. The minimum atomic E-state index is -2.41. The van der Waals surface area contributed by atoms with Crippen molar-refractivity contribution >= 4 is 18.8 Å². The molecule has 0 fully saturated rings. The Kier molecular flexibility index (Phi) is 5.83. The van der Waals surface area contributed by atoms with Crippen LogP contribution in [0.1, 0.15) is 33.6 Å². The molecule has 0 saturated carbocycles. The Morgan fingerprint density at radius 2 is 1.60 bits per heavy atom. The van der Waals surface area contributed by atoms with Gasteiger partial charge in [0.25, 0.3) is 0 Å². The van der Waals surface area contributed by atoms with Crippen LogP contribution in [0.2, 0.25) is 13.3 Å². The first-order valence-corrected chi connectivity index (χ1v) is 11.7. The topological polar surface area (TPSA) is 20.2 Å². The molecule has 0 radical (unpaired) electrons. The minimum absolute atomic E-state index is 1.10. The van der Waals surface area contributed by atoms with Crippen LogP contribution in [0.25, 0.3) is 0 Å². The van der Waals surface area contributed by atoms with Gasteiger partial charge in [0.05, 0.1) is 0 Å². The Balaban J connectivity index is 3.58. The summed E-state index contributed by atoms with van der Waals surface area (Å²) >= 11 is -2.41. The number of hydrogen-bond acceptors (Lipinski definition) is 1. The van der Waals surface area contributed by atoms with Crippen molar-refractivity contribution < 1.29 is 3.44 Å². The molecule has 0 saturated heterocycles. The van der Waals surface area contributed by atoms with Crippen molar-refractivity contribution in [1.29, 1.82) is 0 Å². The third kappa shape index (κ3) is 3.81. The zero-order valence-electron chi connectivity index (χ0n) is 7.48. The molecule has 0 aliphatic rings. The predicted octanol–water partition coefficient (Wildman–Crippen LogP) is 2.76. The average Bonchev–Trinajstić information content (AvgIpc) is 2.00. The molecule has 0 aliphatic carbocycles. The van der Waals surface area contributed by atoms with E-state index in [1.807, 2.05) is 0 Å². The molecular weight excluding hydrogens is 231 g/mol. The van der Waals surface area contributed by atoms with Gasteiger partial charge >= 0.3 is 69.2 Å². The zero-order chi connectivity index (χ0) is 8.04. The molecule has 1 N–H and O–H groups in total. The van der Waals surface area contributed by atoms with E-state index in [9.17, 15) is 3.44 Å². The van der Waals surface area contributed by atoms with Crippen LogP contribution in [0, 0.1) is 0 Å². The van der Waals surface area contributed by atoms with Crippen LogP contribution in [0.3, 0.4) is 0 Å². The number of hydrogen-bond donors (Lipinski definition) is 1. The molecule has 0 atom stereocenters. The SMILES string of the molecule is CCC[CH2][Sn]([OH])([CH2]C)[CH2]C. The van der Waals surface area contributed by atoms with Gasteiger partial charge in [0, 0.05) is 0 Å². The van der Waals surface area contributed by atoms with Gasteiger partial charge in [-0.2, -0.15) is 0 Å². The van der Waals surface area contributed by atoms with Crippen LogP contribution in [0.15, 0.2) is 0 Å². The average molecular weight is 251 g/mol. The van der Waals surface area contributed by atoms with Crippen molar-refractivity contribution in [3.05, 3.63) is 0 Å². The predicted molar refractivity (Wildman–Crippen MR) is 48.6 cm³/mol. The van der Waals surface area contributed by atoms with Crippen molar-refractivity contribution in [2.75, 3.05) is 0 Å². The third-order valence-electron chi connectivity index (χ3n) is 2.31. The van der Waals surface area contributed by atoms with E-state index in [1.165, 1.54) is 17.3 Å². The van der Waals surface area contributed by atoms with Crippen LogP contribution in [-0.2, 0) is 0 Å². The second-order valence-electron chi connectivity index (χ2n) is 3.04. The van der Waals surface area contributed by atoms with Crippen molar-refractivity contribution in [3.63, 3.8) is 0 Å². The summed E-state index contributed by atoms with van der Waals surface area (Å²) in [5, 5.41) is 0. The summed E-state index contributed by atoms with van der Waals surface area (Å²) in [6, 6.07) is 0. The summed E-state index contributed by atoms with van der Waals surface area (Å²) in [4.78, 5) is 0. The van der Waals surface area contributed by atoms with Crippen LogP contribution in [0.4, 0.5) is 0 Å². The molecule has 0 rings (SSSR count). The normalized spacial score (nSPS) is 12.0. The first-order valence-electron chi connectivity index (χ1n) is 4.41. The molecule has 0 aromatic heterocycles. The van der Waals surface area contributed by atoms with Gasteiger partial charge in [-0.05, 0) is 0 Å². The molecule has 0 spiro atoms. The Bertz CT molecular complexity index is 79.3. The van der Waals surface area contributed by atoms with E-state index in [2.05, 4.69) is 20.8 Å². The molecule has 0 aromatic rings. The van der Waals surface area contributed by atoms with E-state index < -0.39 is 18.8 Å². The Labute approximate surface area is 69.3 Å². The van der Waals surface area contributed by atoms with Gasteiger partial charge in [-0.1, -0.05) is 0 Å². The van der Waals surface area contributed by atoms with Gasteiger partial charge in [-0.15, -0.1) is 0 Å². The summed E-state index contributed by atoms with van der Waals surface area (Å²) in [5.41, 5.74) is 0. The number of rotatable bonds is 5. The third-order valence-corrected chi connectivity index (χ3v) is 13.5. The molecule has 2 heteroatoms. The van der Waals surface area contributed by atoms with Crippen molar-refractivity contribution in [1.82, 2.24) is 0 Å². The Morgan fingerprint density at radius 1 is 1.10 bits per heavy atom. The van der Waals surface area contributed by atoms with Crippen molar-refractivity contribution in [3.8, 4) is 0 Å². The summed E-state index contributed by atoms with van der Waals surface area (Å²) in [5.74, 6) is 0. The van der Waals surface area contributed by atoms with Crippen LogP contribution >= 0.6 is 0 Å². The van der Waals surface area contributed by atoms with Crippen molar-refractivity contribution in [2.24, 2.45) is 0 Å². The molecule has 0 aliphatic heterocycles. The molecule has 0 aromatic carbocycles. The molecule has 0 bridgehead atoms. The van der Waals surface area contributed by atoms with E-state index in [-0.39, 0.29) is 0 Å². The van der Waals surface area contributed by atoms with E-state index in [0.717, 1.165) is 8.87 Å². The van der Waals surface area contributed by atoms with Gasteiger partial charge in [0.2, 0.25) is 0 Å². The van der Waals surface area contributed by atoms with E-state index >= 15 is 0 Å². The molecule has 10 heavy (non-hydrogen) atoms. The molecule has 0 amide bonds. The second-order valence-corrected chi connectivity index (χ2v) is 15.5. The van der Waals surface area contributed by atoms with Crippen molar-refractivity contribution in [2.45, 2.75) is 46.9 Å². The van der Waals surface area contributed by atoms with E-state index in [1.54, 1.807) is 0 Å². The molecule has 1 nitrogen and oxygen atoms in total. The summed E-state index contributed by atoms with van der Waals surface area (Å²) in [6.45, 7) is 6.49. The fourth-order valence-corrected chi connectivity index (χ4v) is 7.44. The van der Waals surface area contributed by atoms with E-state index in [0.29, 0.717) is 0 Å². The maximum atomic E-state index is 9.97. The fourth-order valence-electron chi connectivity index (χ4n) is 1.11. The standard InChI is InChI=1S/C4H9.2C2H5.H2O.Sn/c1-3-4-2;2*1-2;;/h1,3-4H2,2H3;2*1H2,2H3;1H2;/q;;;;+1/p-1. The first kappa shape index (κ1) is 10.8. The first-order chi connectivity index (χ1) is 4.68. The molecule has 62 valence electrons. The van der Waals surface area contributed by atoms with Gasteiger partial charge in [0.15, 0.2) is 0 Å². The van der Waals surface area contributed by atoms with Gasteiger partial charge in [0.1, 0.15) is 0 Å². The van der Waals surface area contributed by atoms with Gasteiger partial charge in [-0.3, -0.25) is 0 Å². The Hall–Kier alpha value is 0.759. The summed E-state index contributed by atoms with van der Waals surface area (Å²) in [7, 11) is 0. The van der Waals surface area contributed by atoms with Crippen LogP contribution < -0.4 is 0 Å². The van der Waals surface area contributed by atoms with Gasteiger partial charge < -0.3 is 0 Å². The van der Waals surface area contributed by atoms with Crippen LogP contribution in [0.5, 0.6) is 0 Å². The molecular formula is C8H20OSn. The van der Waals surface area contributed by atoms with Crippen LogP contribution in [-0.4, -0.2) is 22.2 Å². The number of unbranched alkanes of at least 4 members (excludes halogenated alkanes) is 1. The summed E-state index contributed by atoms with van der Waals surface area (Å²) in [6.07, 6.45) is 2.48. The summed E-state index contributed by atoms with van der Waals surface area (Å²) < 4.78 is 13.4. The Morgan fingerprint density at radius 3 is 1.90 bits per heavy atom. The molecule has 0 heterocycles. The van der Waals surface area contributed by atoms with Gasteiger partial charge in [-0.25, -0.2) is 0 Å².